The predicted molar refractivity (Wildman–Crippen MR) is 78.6 cm³/mol. The van der Waals surface area contributed by atoms with Gasteiger partial charge in [-0.05, 0) is 31.0 Å². The van der Waals surface area contributed by atoms with Gasteiger partial charge in [0.05, 0.1) is 12.7 Å². The third kappa shape index (κ3) is 3.95. The van der Waals surface area contributed by atoms with Gasteiger partial charge >= 0.3 is 0 Å². The Morgan fingerprint density at radius 1 is 1.30 bits per heavy atom. The molecule has 0 fully saturated rings. The van der Waals surface area contributed by atoms with Crippen molar-refractivity contribution in [2.45, 2.75) is 33.6 Å². The van der Waals surface area contributed by atoms with E-state index in [1.165, 1.54) is 25.3 Å². The van der Waals surface area contributed by atoms with Crippen molar-refractivity contribution in [2.75, 3.05) is 20.2 Å². The normalized spacial score (nSPS) is 10.7. The molecule has 0 atom stereocenters. The van der Waals surface area contributed by atoms with E-state index < -0.39 is 5.82 Å². The second-order valence-corrected chi connectivity index (χ2v) is 4.87. The lowest BCUT2D eigenvalue weighted by molar-refractivity contribution is 0.0731. The van der Waals surface area contributed by atoms with Crippen LogP contribution in [0.3, 0.4) is 0 Å². The number of hydrogen-bond acceptors (Lipinski definition) is 2. The number of amides is 1. The van der Waals surface area contributed by atoms with Gasteiger partial charge in [-0.25, -0.2) is 4.39 Å². The van der Waals surface area contributed by atoms with Gasteiger partial charge < -0.3 is 9.64 Å². The molecule has 0 aliphatic rings. The quantitative estimate of drug-likeness (QED) is 0.762. The molecule has 0 N–H and O–H groups in total. The lowest BCUT2D eigenvalue weighted by atomic mass is 10.0. The van der Waals surface area contributed by atoms with Crippen LogP contribution in [-0.4, -0.2) is 31.0 Å². The monoisotopic (exact) mass is 281 g/mol. The fraction of sp³-hybridized carbons (Fsp3) is 0.562. The summed E-state index contributed by atoms with van der Waals surface area (Å²) in [5.74, 6) is 0.293. The highest BCUT2D eigenvalue weighted by Gasteiger charge is 2.21. The van der Waals surface area contributed by atoms with Gasteiger partial charge in [-0.15, -0.1) is 0 Å². The minimum absolute atomic E-state index is 0.171. The number of carbonyl (C=O) groups is 1. The largest absolute Gasteiger partial charge is 0.496 e. The SMILES string of the molecule is CCC(CC)CN(CC)C(=O)c1cc(F)ccc1OC. The Morgan fingerprint density at radius 3 is 2.45 bits per heavy atom. The maximum Gasteiger partial charge on any atom is 0.257 e. The number of methoxy groups -OCH3 is 1. The van der Waals surface area contributed by atoms with Crippen LogP contribution in [0.15, 0.2) is 18.2 Å². The van der Waals surface area contributed by atoms with E-state index in [1.807, 2.05) is 6.92 Å². The summed E-state index contributed by atoms with van der Waals surface area (Å²) in [6.45, 7) is 7.48. The first-order valence-corrected chi connectivity index (χ1v) is 7.20. The molecule has 0 aliphatic carbocycles. The van der Waals surface area contributed by atoms with Crippen molar-refractivity contribution in [1.82, 2.24) is 4.90 Å². The van der Waals surface area contributed by atoms with E-state index in [1.54, 1.807) is 4.90 Å². The fourth-order valence-corrected chi connectivity index (χ4v) is 2.23. The molecule has 0 bridgehead atoms. The van der Waals surface area contributed by atoms with Crippen LogP contribution in [0.1, 0.15) is 44.0 Å². The molecule has 1 rings (SSSR count). The van der Waals surface area contributed by atoms with Crippen molar-refractivity contribution in [3.05, 3.63) is 29.6 Å². The summed E-state index contributed by atoms with van der Waals surface area (Å²) in [4.78, 5) is 14.3. The molecule has 4 heteroatoms. The van der Waals surface area contributed by atoms with Gasteiger partial charge in [0.2, 0.25) is 0 Å². The summed E-state index contributed by atoms with van der Waals surface area (Å²) in [6.07, 6.45) is 2.06. The number of rotatable bonds is 7. The zero-order valence-electron chi connectivity index (χ0n) is 12.8. The Bertz CT molecular complexity index is 444. The van der Waals surface area contributed by atoms with Crippen LogP contribution in [0, 0.1) is 11.7 Å². The summed E-state index contributed by atoms with van der Waals surface area (Å²) >= 11 is 0. The summed E-state index contributed by atoms with van der Waals surface area (Å²) in [5, 5.41) is 0. The standard InChI is InChI=1S/C16H24FNO2/c1-5-12(6-2)11-18(7-3)16(19)14-10-13(17)8-9-15(14)20-4/h8-10,12H,5-7,11H2,1-4H3. The van der Waals surface area contributed by atoms with Crippen LogP contribution >= 0.6 is 0 Å². The Morgan fingerprint density at radius 2 is 1.95 bits per heavy atom. The molecule has 3 nitrogen and oxygen atoms in total. The number of hydrogen-bond donors (Lipinski definition) is 0. The maximum atomic E-state index is 13.4. The number of carbonyl (C=O) groups excluding carboxylic acids is 1. The highest BCUT2D eigenvalue weighted by Crippen LogP contribution is 2.22. The van der Waals surface area contributed by atoms with Crippen molar-refractivity contribution in [3.63, 3.8) is 0 Å². The third-order valence-corrected chi connectivity index (χ3v) is 3.69. The highest BCUT2D eigenvalue weighted by atomic mass is 19.1. The van der Waals surface area contributed by atoms with Crippen LogP contribution in [0.4, 0.5) is 4.39 Å². The predicted octanol–water partition coefficient (Wildman–Crippen LogP) is 3.73. The lowest BCUT2D eigenvalue weighted by Crippen LogP contribution is -2.35. The molecule has 1 aromatic rings. The van der Waals surface area contributed by atoms with E-state index in [0.29, 0.717) is 30.3 Å². The van der Waals surface area contributed by atoms with Gasteiger partial charge in [0.15, 0.2) is 0 Å². The van der Waals surface area contributed by atoms with Crippen molar-refractivity contribution in [1.29, 1.82) is 0 Å². The van der Waals surface area contributed by atoms with Gasteiger partial charge in [0.1, 0.15) is 11.6 Å². The molecule has 0 spiro atoms. The average molecular weight is 281 g/mol. The Hall–Kier alpha value is -1.58. The molecule has 0 heterocycles. The second kappa shape index (κ2) is 7.88. The summed E-state index contributed by atoms with van der Waals surface area (Å²) < 4.78 is 18.5. The number of benzene rings is 1. The molecule has 1 aromatic carbocycles. The average Bonchev–Trinajstić information content (AvgIpc) is 2.48. The van der Waals surface area contributed by atoms with E-state index in [-0.39, 0.29) is 5.91 Å². The molecule has 0 unspecified atom stereocenters. The van der Waals surface area contributed by atoms with E-state index in [4.69, 9.17) is 4.74 Å². The molecule has 0 aromatic heterocycles. The van der Waals surface area contributed by atoms with Crippen LogP contribution in [0.5, 0.6) is 5.75 Å². The van der Waals surface area contributed by atoms with Crippen LogP contribution in [-0.2, 0) is 0 Å². The van der Waals surface area contributed by atoms with Crippen molar-refractivity contribution < 1.29 is 13.9 Å². The van der Waals surface area contributed by atoms with E-state index in [0.717, 1.165) is 12.8 Å². The fourth-order valence-electron chi connectivity index (χ4n) is 2.23. The summed E-state index contributed by atoms with van der Waals surface area (Å²) in [5.41, 5.74) is 0.292. The third-order valence-electron chi connectivity index (χ3n) is 3.69. The van der Waals surface area contributed by atoms with Gasteiger partial charge in [0, 0.05) is 13.1 Å². The van der Waals surface area contributed by atoms with Crippen molar-refractivity contribution in [2.24, 2.45) is 5.92 Å². The van der Waals surface area contributed by atoms with Gasteiger partial charge in [0.25, 0.3) is 5.91 Å². The van der Waals surface area contributed by atoms with Crippen molar-refractivity contribution in [3.8, 4) is 5.75 Å². The minimum Gasteiger partial charge on any atom is -0.496 e. The topological polar surface area (TPSA) is 29.5 Å². The summed E-state index contributed by atoms with van der Waals surface area (Å²) in [6, 6.07) is 4.04. The molecule has 0 saturated heterocycles. The zero-order chi connectivity index (χ0) is 15.1. The molecule has 112 valence electrons. The number of nitrogens with zero attached hydrogens (tertiary/aromatic N) is 1. The summed E-state index contributed by atoms with van der Waals surface area (Å²) in [7, 11) is 1.49. The maximum absolute atomic E-state index is 13.4. The van der Waals surface area contributed by atoms with Crippen LogP contribution < -0.4 is 4.74 Å². The molecular formula is C16H24FNO2. The number of ether oxygens (including phenoxy) is 1. The Kier molecular flexibility index (Phi) is 6.49. The molecule has 0 saturated carbocycles. The lowest BCUT2D eigenvalue weighted by Gasteiger charge is -2.26. The zero-order valence-corrected chi connectivity index (χ0v) is 12.8. The first kappa shape index (κ1) is 16.5. The van der Waals surface area contributed by atoms with E-state index >= 15 is 0 Å². The molecule has 1 amide bonds. The minimum atomic E-state index is -0.423. The van der Waals surface area contributed by atoms with Gasteiger partial charge in [-0.3, -0.25) is 4.79 Å². The second-order valence-electron chi connectivity index (χ2n) is 4.87. The van der Waals surface area contributed by atoms with E-state index in [9.17, 15) is 9.18 Å². The molecule has 0 radical (unpaired) electrons. The van der Waals surface area contributed by atoms with Gasteiger partial charge in [-0.1, -0.05) is 26.7 Å². The Labute approximate surface area is 120 Å². The van der Waals surface area contributed by atoms with Gasteiger partial charge in [-0.2, -0.15) is 0 Å². The van der Waals surface area contributed by atoms with Crippen LogP contribution in [0.25, 0.3) is 0 Å². The smallest absolute Gasteiger partial charge is 0.257 e. The molecule has 20 heavy (non-hydrogen) atoms. The first-order chi connectivity index (χ1) is 9.57. The number of halogens is 1. The van der Waals surface area contributed by atoms with Crippen LogP contribution in [0.2, 0.25) is 0 Å². The van der Waals surface area contributed by atoms with E-state index in [2.05, 4.69) is 13.8 Å². The Balaban J connectivity index is 2.98. The molecular weight excluding hydrogens is 257 g/mol. The molecule has 0 aliphatic heterocycles. The first-order valence-electron chi connectivity index (χ1n) is 7.20. The van der Waals surface area contributed by atoms with Crippen molar-refractivity contribution >= 4 is 5.91 Å². The highest BCUT2D eigenvalue weighted by molar-refractivity contribution is 5.97.